The molecule has 7 nitrogen and oxygen atoms in total. The lowest BCUT2D eigenvalue weighted by atomic mass is 10.2. The zero-order valence-corrected chi connectivity index (χ0v) is 11.0. The van der Waals surface area contributed by atoms with Gasteiger partial charge in [-0.25, -0.2) is 8.42 Å². The minimum atomic E-state index is -3.48. The summed E-state index contributed by atoms with van der Waals surface area (Å²) < 4.78 is 30.5. The molecular formula is C10H19N3O4S. The van der Waals surface area contributed by atoms with E-state index in [9.17, 15) is 13.2 Å². The van der Waals surface area contributed by atoms with E-state index in [1.54, 1.807) is 0 Å². The maximum Gasteiger partial charge on any atom is 0.241 e. The molecule has 104 valence electrons. The van der Waals surface area contributed by atoms with E-state index < -0.39 is 16.1 Å². The van der Waals surface area contributed by atoms with Crippen LogP contribution < -0.4 is 11.1 Å². The van der Waals surface area contributed by atoms with Crippen molar-refractivity contribution in [1.82, 2.24) is 9.62 Å². The van der Waals surface area contributed by atoms with Gasteiger partial charge in [0.25, 0.3) is 0 Å². The molecule has 1 heterocycles. The predicted molar refractivity (Wildman–Crippen MR) is 65.3 cm³/mol. The molecule has 2 fully saturated rings. The van der Waals surface area contributed by atoms with Gasteiger partial charge in [0, 0.05) is 19.1 Å². The van der Waals surface area contributed by atoms with Gasteiger partial charge in [-0.05, 0) is 12.8 Å². The summed E-state index contributed by atoms with van der Waals surface area (Å²) in [5.41, 5.74) is 5.30. The van der Waals surface area contributed by atoms with Crippen LogP contribution in [-0.4, -0.2) is 62.8 Å². The second-order valence-corrected chi connectivity index (χ2v) is 6.63. The van der Waals surface area contributed by atoms with Gasteiger partial charge >= 0.3 is 0 Å². The normalized spacial score (nSPS) is 25.9. The van der Waals surface area contributed by atoms with Crippen molar-refractivity contribution in [2.45, 2.75) is 24.9 Å². The fraction of sp³-hybridized carbons (Fsp3) is 0.900. The Morgan fingerprint density at radius 3 is 2.78 bits per heavy atom. The zero-order chi connectivity index (χ0) is 13.2. The quantitative estimate of drug-likeness (QED) is 0.621. The molecule has 1 aliphatic carbocycles. The van der Waals surface area contributed by atoms with Crippen LogP contribution in [0.4, 0.5) is 0 Å². The van der Waals surface area contributed by atoms with Gasteiger partial charge in [-0.1, -0.05) is 0 Å². The number of amides is 1. The Morgan fingerprint density at radius 2 is 2.17 bits per heavy atom. The summed E-state index contributed by atoms with van der Waals surface area (Å²) in [6, 6.07) is -0.547. The molecule has 1 saturated carbocycles. The molecule has 2 rings (SSSR count). The van der Waals surface area contributed by atoms with Crippen molar-refractivity contribution in [3.8, 4) is 0 Å². The Labute approximate surface area is 107 Å². The molecule has 8 heteroatoms. The average molecular weight is 277 g/mol. The van der Waals surface area contributed by atoms with Crippen molar-refractivity contribution in [2.24, 2.45) is 5.73 Å². The van der Waals surface area contributed by atoms with Crippen molar-refractivity contribution in [2.75, 3.05) is 32.1 Å². The highest BCUT2D eigenvalue weighted by Crippen LogP contribution is 2.20. The first-order valence-corrected chi connectivity index (χ1v) is 7.73. The third-order valence-electron chi connectivity index (χ3n) is 3.04. The lowest BCUT2D eigenvalue weighted by Crippen LogP contribution is -2.56. The van der Waals surface area contributed by atoms with E-state index in [-0.39, 0.29) is 37.4 Å². The highest BCUT2D eigenvalue weighted by molar-refractivity contribution is 7.89. The van der Waals surface area contributed by atoms with Crippen LogP contribution in [0.25, 0.3) is 0 Å². The molecular weight excluding hydrogens is 258 g/mol. The number of carbonyl (C=O) groups is 1. The first-order valence-electron chi connectivity index (χ1n) is 6.12. The summed E-state index contributed by atoms with van der Waals surface area (Å²) in [4.78, 5) is 12.0. The van der Waals surface area contributed by atoms with Crippen LogP contribution in [-0.2, 0) is 19.6 Å². The second-order valence-electron chi connectivity index (χ2n) is 4.59. The van der Waals surface area contributed by atoms with Crippen molar-refractivity contribution in [3.05, 3.63) is 0 Å². The number of rotatable bonds is 5. The van der Waals surface area contributed by atoms with Crippen LogP contribution >= 0.6 is 0 Å². The Hall–Kier alpha value is -0.700. The molecule has 3 N–H and O–H groups in total. The number of nitrogens with zero attached hydrogens (tertiary/aromatic N) is 1. The van der Waals surface area contributed by atoms with Gasteiger partial charge < -0.3 is 15.8 Å². The van der Waals surface area contributed by atoms with E-state index in [2.05, 4.69) is 5.32 Å². The lowest BCUT2D eigenvalue weighted by molar-refractivity contribution is -0.129. The number of ether oxygens (including phenoxy) is 1. The van der Waals surface area contributed by atoms with Gasteiger partial charge in [0.2, 0.25) is 15.9 Å². The van der Waals surface area contributed by atoms with E-state index in [1.807, 2.05) is 0 Å². The van der Waals surface area contributed by atoms with Crippen LogP contribution in [0, 0.1) is 0 Å². The highest BCUT2D eigenvalue weighted by atomic mass is 32.2. The van der Waals surface area contributed by atoms with E-state index in [4.69, 9.17) is 10.5 Å². The summed E-state index contributed by atoms with van der Waals surface area (Å²) in [5, 5.41) is 2.81. The summed E-state index contributed by atoms with van der Waals surface area (Å²) in [6.07, 6.45) is 1.93. The summed E-state index contributed by atoms with van der Waals surface area (Å²) >= 11 is 0. The molecule has 1 unspecified atom stereocenters. The molecule has 1 aliphatic heterocycles. The lowest BCUT2D eigenvalue weighted by Gasteiger charge is -2.33. The smallest absolute Gasteiger partial charge is 0.241 e. The van der Waals surface area contributed by atoms with Crippen LogP contribution in [0.3, 0.4) is 0 Å². The van der Waals surface area contributed by atoms with E-state index in [1.165, 1.54) is 4.31 Å². The maximum atomic E-state index is 12.0. The van der Waals surface area contributed by atoms with Crippen LogP contribution in [0.5, 0.6) is 0 Å². The van der Waals surface area contributed by atoms with Crippen LogP contribution in [0.2, 0.25) is 0 Å². The van der Waals surface area contributed by atoms with Gasteiger partial charge in [-0.3, -0.25) is 4.79 Å². The number of sulfonamides is 1. The topological polar surface area (TPSA) is 102 Å². The first kappa shape index (κ1) is 13.7. The fourth-order valence-corrected chi connectivity index (χ4v) is 3.35. The second kappa shape index (κ2) is 5.52. The van der Waals surface area contributed by atoms with Gasteiger partial charge in [0.15, 0.2) is 0 Å². The fourth-order valence-electron chi connectivity index (χ4n) is 1.92. The summed E-state index contributed by atoms with van der Waals surface area (Å²) in [5.74, 6) is -0.405. The molecule has 0 aromatic rings. The Kier molecular flexibility index (Phi) is 4.21. The highest BCUT2D eigenvalue weighted by Gasteiger charge is 2.38. The van der Waals surface area contributed by atoms with Crippen molar-refractivity contribution >= 4 is 15.9 Å². The standard InChI is InChI=1S/C10H19N3O4S/c11-3-6-18(15,16)13-4-5-17-7-9(13)10(14)12-8-1-2-8/h8-9H,1-7,11H2,(H,12,14). The molecule has 0 spiro atoms. The van der Waals surface area contributed by atoms with Gasteiger partial charge in [-0.2, -0.15) is 4.31 Å². The summed E-state index contributed by atoms with van der Waals surface area (Å²) in [6.45, 7) is 0.696. The minimum absolute atomic E-state index is 0.0522. The zero-order valence-electron chi connectivity index (χ0n) is 10.2. The molecule has 0 bridgehead atoms. The maximum absolute atomic E-state index is 12.0. The van der Waals surface area contributed by atoms with Crippen molar-refractivity contribution < 1.29 is 17.9 Å². The number of carbonyl (C=O) groups excluding carboxylic acids is 1. The Morgan fingerprint density at radius 1 is 1.44 bits per heavy atom. The number of hydrogen-bond donors (Lipinski definition) is 2. The third-order valence-corrected chi connectivity index (χ3v) is 4.94. The molecule has 0 radical (unpaired) electrons. The SMILES string of the molecule is NCCS(=O)(=O)N1CCOCC1C(=O)NC1CC1. The monoisotopic (exact) mass is 277 g/mol. The summed E-state index contributed by atoms with van der Waals surface area (Å²) in [7, 11) is -3.48. The molecule has 1 amide bonds. The Bertz CT molecular complexity index is 407. The number of hydrogen-bond acceptors (Lipinski definition) is 5. The molecule has 0 aromatic carbocycles. The third kappa shape index (κ3) is 3.19. The van der Waals surface area contributed by atoms with Crippen molar-refractivity contribution in [1.29, 1.82) is 0 Å². The molecule has 1 saturated heterocycles. The number of nitrogens with one attached hydrogen (secondary N) is 1. The molecule has 1 atom stereocenters. The van der Waals surface area contributed by atoms with Gasteiger partial charge in [-0.15, -0.1) is 0 Å². The number of nitrogens with two attached hydrogens (primary N) is 1. The largest absolute Gasteiger partial charge is 0.378 e. The molecule has 2 aliphatic rings. The Balaban J connectivity index is 2.07. The van der Waals surface area contributed by atoms with Crippen LogP contribution in [0.1, 0.15) is 12.8 Å². The van der Waals surface area contributed by atoms with Gasteiger partial charge in [0.05, 0.1) is 19.0 Å². The van der Waals surface area contributed by atoms with Gasteiger partial charge in [0.1, 0.15) is 6.04 Å². The van der Waals surface area contributed by atoms with Crippen molar-refractivity contribution in [3.63, 3.8) is 0 Å². The average Bonchev–Trinajstić information content (AvgIpc) is 3.13. The number of morpholine rings is 1. The van der Waals surface area contributed by atoms with E-state index in [0.29, 0.717) is 6.61 Å². The molecule has 18 heavy (non-hydrogen) atoms. The van der Waals surface area contributed by atoms with E-state index >= 15 is 0 Å². The molecule has 0 aromatic heterocycles. The minimum Gasteiger partial charge on any atom is -0.378 e. The predicted octanol–water partition coefficient (Wildman–Crippen LogP) is -1.75. The first-order chi connectivity index (χ1) is 8.54. The van der Waals surface area contributed by atoms with Crippen LogP contribution in [0.15, 0.2) is 0 Å². The van der Waals surface area contributed by atoms with E-state index in [0.717, 1.165) is 12.8 Å².